The average Bonchev–Trinajstić information content (AvgIpc) is 3.10. The van der Waals surface area contributed by atoms with E-state index in [9.17, 15) is 13.2 Å². The second kappa shape index (κ2) is 6.08. The van der Waals surface area contributed by atoms with E-state index in [4.69, 9.17) is 11.6 Å². The van der Waals surface area contributed by atoms with Crippen LogP contribution < -0.4 is 9.86 Å². The molecule has 2 aromatic heterocycles. The molecule has 0 aliphatic rings. The zero-order valence-electron chi connectivity index (χ0n) is 13.5. The van der Waals surface area contributed by atoms with E-state index >= 15 is 0 Å². The van der Waals surface area contributed by atoms with E-state index in [1.54, 1.807) is 40.9 Å². The molecule has 2 heterocycles. The topological polar surface area (TPSA) is 71.8 Å². The first kappa shape index (κ1) is 17.0. The number of rotatable bonds is 3. The van der Waals surface area contributed by atoms with E-state index in [-0.39, 0.29) is 10.3 Å². The number of anilines is 1. The molecule has 0 N–H and O–H groups in total. The predicted octanol–water partition coefficient (Wildman–Crippen LogP) is 3.39. The number of benzene rings is 2. The molecule has 0 spiro atoms. The van der Waals surface area contributed by atoms with Gasteiger partial charge >= 0.3 is 0 Å². The third-order valence-corrected chi connectivity index (χ3v) is 6.88. The lowest BCUT2D eigenvalue weighted by Crippen LogP contribution is -2.26. The van der Waals surface area contributed by atoms with Gasteiger partial charge < -0.3 is 0 Å². The first-order valence-electron chi connectivity index (χ1n) is 7.52. The zero-order valence-corrected chi connectivity index (χ0v) is 15.8. The quantitative estimate of drug-likeness (QED) is 0.523. The summed E-state index contributed by atoms with van der Waals surface area (Å²) in [6.45, 7) is 0. The number of hydrogen-bond acceptors (Lipinski definition) is 5. The fourth-order valence-corrected chi connectivity index (χ4v) is 4.75. The van der Waals surface area contributed by atoms with E-state index in [1.807, 2.05) is 5.38 Å². The zero-order chi connectivity index (χ0) is 18.5. The number of sulfonamides is 1. The molecule has 0 atom stereocenters. The fourth-order valence-electron chi connectivity index (χ4n) is 2.69. The first-order valence-corrected chi connectivity index (χ1v) is 10.2. The molecule has 0 bridgehead atoms. The van der Waals surface area contributed by atoms with Crippen molar-refractivity contribution < 1.29 is 8.42 Å². The van der Waals surface area contributed by atoms with Crippen molar-refractivity contribution in [1.82, 2.24) is 9.38 Å². The normalized spacial score (nSPS) is 11.9. The van der Waals surface area contributed by atoms with Gasteiger partial charge in [-0.05, 0) is 42.5 Å². The Bertz CT molecular complexity index is 1290. The Hall–Kier alpha value is -2.42. The Morgan fingerprint density at radius 2 is 1.88 bits per heavy atom. The maximum absolute atomic E-state index is 13.0. The van der Waals surface area contributed by atoms with Crippen LogP contribution in [-0.2, 0) is 10.0 Å². The van der Waals surface area contributed by atoms with Crippen LogP contribution in [-0.4, -0.2) is 24.9 Å². The molecule has 2 aromatic carbocycles. The van der Waals surface area contributed by atoms with Crippen molar-refractivity contribution in [3.05, 3.63) is 69.4 Å². The van der Waals surface area contributed by atoms with E-state index in [0.29, 0.717) is 21.2 Å². The minimum absolute atomic E-state index is 0.0246. The Morgan fingerprint density at radius 1 is 1.15 bits per heavy atom. The van der Waals surface area contributed by atoms with Gasteiger partial charge in [-0.25, -0.2) is 8.42 Å². The van der Waals surface area contributed by atoms with Gasteiger partial charge in [0, 0.05) is 23.6 Å². The number of fused-ring (bicyclic) bond motifs is 3. The van der Waals surface area contributed by atoms with Gasteiger partial charge in [0.15, 0.2) is 4.96 Å². The van der Waals surface area contributed by atoms with Gasteiger partial charge in [0.1, 0.15) is 0 Å². The Labute approximate surface area is 158 Å². The highest BCUT2D eigenvalue weighted by molar-refractivity contribution is 7.92. The molecule has 0 saturated carbocycles. The molecule has 0 amide bonds. The van der Waals surface area contributed by atoms with Crippen LogP contribution in [0.25, 0.3) is 15.9 Å². The van der Waals surface area contributed by atoms with Crippen LogP contribution >= 0.6 is 22.9 Å². The maximum Gasteiger partial charge on any atom is 0.281 e. The molecule has 0 unspecified atom stereocenters. The summed E-state index contributed by atoms with van der Waals surface area (Å²) in [5.41, 5.74) is 0.639. The van der Waals surface area contributed by atoms with E-state index < -0.39 is 15.6 Å². The Morgan fingerprint density at radius 3 is 2.62 bits per heavy atom. The highest BCUT2D eigenvalue weighted by Crippen LogP contribution is 2.25. The minimum Gasteiger partial charge on any atom is -0.292 e. The fraction of sp³-hybridized carbons (Fsp3) is 0.0588. The lowest BCUT2D eigenvalue weighted by Gasteiger charge is -2.19. The van der Waals surface area contributed by atoms with Crippen molar-refractivity contribution >= 4 is 54.5 Å². The van der Waals surface area contributed by atoms with Gasteiger partial charge in [-0.2, -0.15) is 4.98 Å². The van der Waals surface area contributed by atoms with E-state index in [1.165, 1.54) is 30.5 Å². The Kier molecular flexibility index (Phi) is 3.98. The largest absolute Gasteiger partial charge is 0.292 e. The monoisotopic (exact) mass is 405 g/mol. The van der Waals surface area contributed by atoms with Crippen LogP contribution in [0.3, 0.4) is 0 Å². The summed E-state index contributed by atoms with van der Waals surface area (Å²) in [4.78, 5) is 16.9. The van der Waals surface area contributed by atoms with E-state index in [2.05, 4.69) is 4.98 Å². The third-order valence-electron chi connectivity index (χ3n) is 4.09. The molecule has 4 aromatic rings. The molecule has 0 fully saturated rings. The van der Waals surface area contributed by atoms with Crippen LogP contribution in [0.1, 0.15) is 0 Å². The van der Waals surface area contributed by atoms with Crippen molar-refractivity contribution in [2.24, 2.45) is 0 Å². The third kappa shape index (κ3) is 2.66. The summed E-state index contributed by atoms with van der Waals surface area (Å²) in [5, 5.41) is 2.59. The molecule has 26 heavy (non-hydrogen) atoms. The lowest BCUT2D eigenvalue weighted by molar-refractivity contribution is 0.594. The van der Waals surface area contributed by atoms with Gasteiger partial charge in [-0.3, -0.25) is 13.5 Å². The van der Waals surface area contributed by atoms with Gasteiger partial charge in [-0.1, -0.05) is 11.6 Å². The highest BCUT2D eigenvalue weighted by atomic mass is 35.5. The Balaban J connectivity index is 1.87. The van der Waals surface area contributed by atoms with Crippen LogP contribution in [0.5, 0.6) is 0 Å². The number of thiazole rings is 1. The lowest BCUT2D eigenvalue weighted by atomic mass is 10.2. The van der Waals surface area contributed by atoms with Crippen LogP contribution in [0, 0.1) is 0 Å². The SMILES string of the molecule is CN(c1ccc(Cl)cc1)S(=O)(=O)c1ccc2c(c1)c(=O)nc1sccn12. The summed E-state index contributed by atoms with van der Waals surface area (Å²) in [5.74, 6) is 0. The van der Waals surface area contributed by atoms with Crippen molar-refractivity contribution in [3.8, 4) is 0 Å². The van der Waals surface area contributed by atoms with E-state index in [0.717, 1.165) is 4.31 Å². The van der Waals surface area contributed by atoms with Gasteiger partial charge in [-0.15, -0.1) is 11.3 Å². The second-order valence-electron chi connectivity index (χ2n) is 5.60. The first-order chi connectivity index (χ1) is 12.4. The summed E-state index contributed by atoms with van der Waals surface area (Å²) in [6.07, 6.45) is 1.79. The molecule has 0 saturated heterocycles. The smallest absolute Gasteiger partial charge is 0.281 e. The number of aromatic nitrogens is 2. The molecule has 4 rings (SSSR count). The highest BCUT2D eigenvalue weighted by Gasteiger charge is 2.22. The standard InChI is InChI=1S/C17H12ClN3O3S2/c1-20(12-4-2-11(18)3-5-12)26(23,24)13-6-7-15-14(10-13)16(22)19-17-21(15)8-9-25-17/h2-10H,1H3. The van der Waals surface area contributed by atoms with Crippen LogP contribution in [0.2, 0.25) is 5.02 Å². The van der Waals surface area contributed by atoms with Gasteiger partial charge in [0.25, 0.3) is 15.6 Å². The molecule has 132 valence electrons. The molecular formula is C17H12ClN3O3S2. The van der Waals surface area contributed by atoms with Gasteiger partial charge in [0.2, 0.25) is 0 Å². The average molecular weight is 406 g/mol. The molecule has 9 heteroatoms. The molecule has 0 aliphatic heterocycles. The second-order valence-corrected chi connectivity index (χ2v) is 8.88. The summed E-state index contributed by atoms with van der Waals surface area (Å²) < 4.78 is 28.8. The number of hydrogen-bond donors (Lipinski definition) is 0. The maximum atomic E-state index is 13.0. The van der Waals surface area contributed by atoms with Crippen LogP contribution in [0.15, 0.2) is 63.7 Å². The van der Waals surface area contributed by atoms with Crippen molar-refractivity contribution in [3.63, 3.8) is 0 Å². The molecule has 6 nitrogen and oxygen atoms in total. The number of halogens is 1. The molecule has 0 radical (unpaired) electrons. The predicted molar refractivity (Wildman–Crippen MR) is 104 cm³/mol. The van der Waals surface area contributed by atoms with Crippen LogP contribution in [0.4, 0.5) is 5.69 Å². The molecule has 0 aliphatic carbocycles. The van der Waals surface area contributed by atoms with Crippen molar-refractivity contribution in [2.75, 3.05) is 11.4 Å². The molecular weight excluding hydrogens is 394 g/mol. The van der Waals surface area contributed by atoms with Gasteiger partial charge in [0.05, 0.1) is 21.5 Å². The van der Waals surface area contributed by atoms with Crippen molar-refractivity contribution in [2.45, 2.75) is 4.90 Å². The summed E-state index contributed by atoms with van der Waals surface area (Å²) in [7, 11) is -2.38. The number of nitrogens with zero attached hydrogens (tertiary/aromatic N) is 3. The summed E-state index contributed by atoms with van der Waals surface area (Å²) >= 11 is 7.20. The van der Waals surface area contributed by atoms with Crippen molar-refractivity contribution in [1.29, 1.82) is 0 Å². The summed E-state index contributed by atoms with van der Waals surface area (Å²) in [6, 6.07) is 11.0. The minimum atomic E-state index is -3.84.